The molecule has 0 amide bonds. The molecule has 0 radical (unpaired) electrons. The van der Waals surface area contributed by atoms with Crippen molar-refractivity contribution in [3.05, 3.63) is 47.9 Å². The van der Waals surface area contributed by atoms with Crippen molar-refractivity contribution >= 4 is 17.7 Å². The van der Waals surface area contributed by atoms with E-state index in [9.17, 15) is 0 Å². The summed E-state index contributed by atoms with van der Waals surface area (Å²) in [6.45, 7) is 1.97. The van der Waals surface area contributed by atoms with E-state index in [2.05, 4.69) is 4.98 Å². The van der Waals surface area contributed by atoms with Gasteiger partial charge < -0.3 is 10.2 Å². The lowest BCUT2D eigenvalue weighted by molar-refractivity contribution is 0.566. The summed E-state index contributed by atoms with van der Waals surface area (Å²) < 4.78 is 5.22. The van der Waals surface area contributed by atoms with Gasteiger partial charge in [0.25, 0.3) is 6.01 Å². The third-order valence-electron chi connectivity index (χ3n) is 2.09. The molecule has 0 saturated heterocycles. The Kier molecular flexibility index (Phi) is 2.54. The van der Waals surface area contributed by atoms with Gasteiger partial charge in [-0.2, -0.15) is 0 Å². The SMILES string of the molecule is C/C(=C\c1ccccc1)c1cnc(N)o1. The van der Waals surface area contributed by atoms with Gasteiger partial charge in [0.1, 0.15) is 0 Å². The molecule has 0 aliphatic carbocycles. The van der Waals surface area contributed by atoms with Gasteiger partial charge in [-0.25, -0.2) is 4.98 Å². The molecule has 0 unspecified atom stereocenters. The van der Waals surface area contributed by atoms with Gasteiger partial charge in [-0.1, -0.05) is 30.3 Å². The summed E-state index contributed by atoms with van der Waals surface area (Å²) in [5.74, 6) is 0.705. The fourth-order valence-electron chi connectivity index (χ4n) is 1.34. The van der Waals surface area contributed by atoms with E-state index >= 15 is 0 Å². The van der Waals surface area contributed by atoms with Crippen LogP contribution in [0.4, 0.5) is 6.01 Å². The number of benzene rings is 1. The first-order valence-corrected chi connectivity index (χ1v) is 4.71. The highest BCUT2D eigenvalue weighted by atomic mass is 16.4. The van der Waals surface area contributed by atoms with Crippen LogP contribution in [0.25, 0.3) is 11.6 Å². The summed E-state index contributed by atoms with van der Waals surface area (Å²) in [7, 11) is 0. The van der Waals surface area contributed by atoms with Crippen LogP contribution in [0.15, 0.2) is 40.9 Å². The van der Waals surface area contributed by atoms with Crippen LogP contribution in [0.3, 0.4) is 0 Å². The first-order valence-electron chi connectivity index (χ1n) is 4.71. The summed E-state index contributed by atoms with van der Waals surface area (Å²) in [4.78, 5) is 3.85. The van der Waals surface area contributed by atoms with Crippen LogP contribution in [0.2, 0.25) is 0 Å². The Balaban J connectivity index is 2.28. The lowest BCUT2D eigenvalue weighted by atomic mass is 10.1. The van der Waals surface area contributed by atoms with E-state index < -0.39 is 0 Å². The molecule has 3 nitrogen and oxygen atoms in total. The predicted molar refractivity (Wildman–Crippen MR) is 60.9 cm³/mol. The second-order valence-electron chi connectivity index (χ2n) is 3.30. The zero-order valence-corrected chi connectivity index (χ0v) is 8.47. The van der Waals surface area contributed by atoms with Crippen LogP contribution in [0.1, 0.15) is 18.2 Å². The van der Waals surface area contributed by atoms with Gasteiger partial charge in [-0.15, -0.1) is 0 Å². The molecule has 15 heavy (non-hydrogen) atoms. The number of hydrogen-bond acceptors (Lipinski definition) is 3. The van der Waals surface area contributed by atoms with Crippen molar-refractivity contribution in [1.82, 2.24) is 4.98 Å². The number of nitrogens with zero attached hydrogens (tertiary/aromatic N) is 1. The second-order valence-corrected chi connectivity index (χ2v) is 3.30. The highest BCUT2D eigenvalue weighted by molar-refractivity contribution is 5.77. The minimum atomic E-state index is 0.200. The number of hydrogen-bond donors (Lipinski definition) is 1. The van der Waals surface area contributed by atoms with Crippen molar-refractivity contribution in [3.8, 4) is 0 Å². The fourth-order valence-corrected chi connectivity index (χ4v) is 1.34. The highest BCUT2D eigenvalue weighted by Crippen LogP contribution is 2.18. The summed E-state index contributed by atoms with van der Waals surface area (Å²) in [5, 5.41) is 0. The van der Waals surface area contributed by atoms with E-state index in [4.69, 9.17) is 10.2 Å². The largest absolute Gasteiger partial charge is 0.424 e. The van der Waals surface area contributed by atoms with Gasteiger partial charge >= 0.3 is 0 Å². The third-order valence-corrected chi connectivity index (χ3v) is 2.09. The number of aromatic nitrogens is 1. The van der Waals surface area contributed by atoms with Gasteiger partial charge in [0.15, 0.2) is 5.76 Å². The topological polar surface area (TPSA) is 52.0 Å². The quantitative estimate of drug-likeness (QED) is 0.810. The maximum atomic E-state index is 5.40. The minimum absolute atomic E-state index is 0.200. The van der Waals surface area contributed by atoms with Crippen LogP contribution in [-0.4, -0.2) is 4.98 Å². The number of anilines is 1. The molecule has 0 aliphatic rings. The van der Waals surface area contributed by atoms with Gasteiger partial charge in [-0.05, 0) is 24.1 Å². The second kappa shape index (κ2) is 4.00. The third kappa shape index (κ3) is 2.26. The summed E-state index contributed by atoms with van der Waals surface area (Å²) in [5.41, 5.74) is 7.54. The smallest absolute Gasteiger partial charge is 0.292 e. The lowest BCUT2D eigenvalue weighted by Crippen LogP contribution is -1.80. The number of nitrogens with two attached hydrogens (primary N) is 1. The number of allylic oxidation sites excluding steroid dienone is 1. The zero-order valence-electron chi connectivity index (χ0n) is 8.47. The van der Waals surface area contributed by atoms with Gasteiger partial charge in [0.05, 0.1) is 6.20 Å². The maximum absolute atomic E-state index is 5.40. The lowest BCUT2D eigenvalue weighted by Gasteiger charge is -1.96. The summed E-state index contributed by atoms with van der Waals surface area (Å²) in [6, 6.07) is 10.2. The molecule has 1 heterocycles. The van der Waals surface area contributed by atoms with E-state index in [1.54, 1.807) is 6.20 Å². The Morgan fingerprint density at radius 1 is 1.33 bits per heavy atom. The highest BCUT2D eigenvalue weighted by Gasteiger charge is 2.02. The normalized spacial score (nSPS) is 11.7. The minimum Gasteiger partial charge on any atom is -0.424 e. The molecule has 2 N–H and O–H groups in total. The first kappa shape index (κ1) is 9.52. The van der Waals surface area contributed by atoms with Crippen molar-refractivity contribution in [2.24, 2.45) is 0 Å². The summed E-state index contributed by atoms with van der Waals surface area (Å²) in [6.07, 6.45) is 3.66. The molecule has 0 saturated carbocycles. The van der Waals surface area contributed by atoms with Crippen molar-refractivity contribution in [2.75, 3.05) is 5.73 Å². The Morgan fingerprint density at radius 3 is 2.67 bits per heavy atom. The van der Waals surface area contributed by atoms with Gasteiger partial charge in [-0.3, -0.25) is 0 Å². The molecule has 76 valence electrons. The Morgan fingerprint density at radius 2 is 2.07 bits per heavy atom. The molecule has 0 fully saturated rings. The molecule has 1 aromatic heterocycles. The van der Waals surface area contributed by atoms with Crippen molar-refractivity contribution in [2.45, 2.75) is 6.92 Å². The number of oxazole rings is 1. The van der Waals surface area contributed by atoms with Crippen LogP contribution < -0.4 is 5.73 Å². The maximum Gasteiger partial charge on any atom is 0.292 e. The molecule has 0 aliphatic heterocycles. The predicted octanol–water partition coefficient (Wildman–Crippen LogP) is 2.82. The Bertz CT molecular complexity index is 471. The van der Waals surface area contributed by atoms with Gasteiger partial charge in [0, 0.05) is 0 Å². The number of rotatable bonds is 2. The molecule has 2 aromatic rings. The Labute approximate surface area is 88.2 Å². The Hall–Kier alpha value is -2.03. The van der Waals surface area contributed by atoms with E-state index in [0.717, 1.165) is 11.1 Å². The molecule has 3 heteroatoms. The van der Waals surface area contributed by atoms with Crippen LogP contribution in [0.5, 0.6) is 0 Å². The molecular weight excluding hydrogens is 188 g/mol. The average molecular weight is 200 g/mol. The molecule has 0 atom stereocenters. The van der Waals surface area contributed by atoms with E-state index in [0.29, 0.717) is 5.76 Å². The summed E-state index contributed by atoms with van der Waals surface area (Å²) >= 11 is 0. The molecule has 1 aromatic carbocycles. The van der Waals surface area contributed by atoms with E-state index in [1.807, 2.05) is 43.3 Å². The molecule has 2 rings (SSSR count). The standard InChI is InChI=1S/C12H12N2O/c1-9(11-8-14-12(13)15-11)7-10-5-3-2-4-6-10/h2-8H,1H3,(H2,13,14)/b9-7+. The van der Waals surface area contributed by atoms with E-state index in [1.165, 1.54) is 0 Å². The van der Waals surface area contributed by atoms with Crippen LogP contribution in [-0.2, 0) is 0 Å². The van der Waals surface area contributed by atoms with Crippen molar-refractivity contribution in [1.29, 1.82) is 0 Å². The molecule has 0 bridgehead atoms. The van der Waals surface area contributed by atoms with Gasteiger partial charge in [0.2, 0.25) is 0 Å². The van der Waals surface area contributed by atoms with Crippen LogP contribution >= 0.6 is 0 Å². The average Bonchev–Trinajstić information content (AvgIpc) is 2.66. The monoisotopic (exact) mass is 200 g/mol. The fraction of sp³-hybridized carbons (Fsp3) is 0.0833. The molecule has 0 spiro atoms. The van der Waals surface area contributed by atoms with Crippen molar-refractivity contribution in [3.63, 3.8) is 0 Å². The zero-order chi connectivity index (χ0) is 10.7. The van der Waals surface area contributed by atoms with Crippen molar-refractivity contribution < 1.29 is 4.42 Å². The molecular formula is C12H12N2O. The first-order chi connectivity index (χ1) is 7.25. The van der Waals surface area contributed by atoms with Crippen LogP contribution in [0, 0.1) is 0 Å². The number of nitrogen functional groups attached to an aromatic ring is 1. The van der Waals surface area contributed by atoms with E-state index in [-0.39, 0.29) is 6.01 Å².